The number of carbonyl (C=O) groups excluding carboxylic acids is 1. The first-order chi connectivity index (χ1) is 13.2. The first-order valence-corrected chi connectivity index (χ1v) is 8.65. The van der Waals surface area contributed by atoms with Crippen molar-refractivity contribution in [2.45, 2.75) is 6.92 Å². The average Bonchev–Trinajstić information content (AvgIpc) is 2.83. The standard InChI is InChI=1S/C22H18N4O/c1-15(27)24-17-10-11-18-20(14-17)26-21(12-9-16-6-3-2-4-7-16)25-19-8-5-13-23-22(18)19/h2-14H,1H3,(H,24,27)(H,25,26)/b12-9+. The number of hydrogen-bond acceptors (Lipinski definition) is 4. The van der Waals surface area contributed by atoms with Gasteiger partial charge < -0.3 is 10.6 Å². The maximum absolute atomic E-state index is 11.4. The van der Waals surface area contributed by atoms with Crippen LogP contribution >= 0.6 is 0 Å². The number of pyridine rings is 1. The molecule has 27 heavy (non-hydrogen) atoms. The minimum atomic E-state index is -0.111. The van der Waals surface area contributed by atoms with Gasteiger partial charge in [-0.1, -0.05) is 36.4 Å². The molecule has 1 amide bonds. The maximum Gasteiger partial charge on any atom is 0.221 e. The highest BCUT2D eigenvalue weighted by Crippen LogP contribution is 2.37. The lowest BCUT2D eigenvalue weighted by Gasteiger charge is -2.11. The summed E-state index contributed by atoms with van der Waals surface area (Å²) >= 11 is 0. The number of aromatic nitrogens is 1. The zero-order chi connectivity index (χ0) is 18.6. The summed E-state index contributed by atoms with van der Waals surface area (Å²) in [4.78, 5) is 20.6. The molecule has 1 aliphatic heterocycles. The number of carbonyl (C=O) groups is 1. The van der Waals surface area contributed by atoms with Crippen molar-refractivity contribution >= 4 is 34.9 Å². The monoisotopic (exact) mass is 354 g/mol. The molecule has 4 rings (SSSR count). The van der Waals surface area contributed by atoms with Crippen molar-refractivity contribution < 1.29 is 4.79 Å². The number of rotatable bonds is 3. The van der Waals surface area contributed by atoms with E-state index in [4.69, 9.17) is 4.99 Å². The minimum Gasteiger partial charge on any atom is -0.340 e. The molecule has 2 aromatic carbocycles. The number of benzene rings is 2. The van der Waals surface area contributed by atoms with Crippen LogP contribution in [0.1, 0.15) is 12.5 Å². The van der Waals surface area contributed by atoms with Crippen LogP contribution in [0.3, 0.4) is 0 Å². The van der Waals surface area contributed by atoms with E-state index < -0.39 is 0 Å². The molecule has 2 N–H and O–H groups in total. The van der Waals surface area contributed by atoms with Gasteiger partial charge in [0.05, 0.1) is 17.1 Å². The van der Waals surface area contributed by atoms with Crippen molar-refractivity contribution in [3.05, 3.63) is 78.5 Å². The third-order valence-corrected chi connectivity index (χ3v) is 4.12. The summed E-state index contributed by atoms with van der Waals surface area (Å²) in [6, 6.07) is 19.6. The molecule has 0 saturated heterocycles. The SMILES string of the molecule is CC(=O)Nc1ccc2c(c1)NC(/C=C/c1ccccc1)=Nc1cccnc1-2. The van der Waals surface area contributed by atoms with E-state index in [0.717, 1.165) is 33.9 Å². The van der Waals surface area contributed by atoms with Gasteiger partial charge in [0.1, 0.15) is 5.84 Å². The first kappa shape index (κ1) is 16.7. The number of amides is 1. The zero-order valence-corrected chi connectivity index (χ0v) is 14.8. The normalized spacial score (nSPS) is 12.4. The highest BCUT2D eigenvalue weighted by molar-refractivity contribution is 6.11. The fourth-order valence-electron chi connectivity index (χ4n) is 2.94. The number of hydrogen-bond donors (Lipinski definition) is 2. The Bertz CT molecular complexity index is 1050. The summed E-state index contributed by atoms with van der Waals surface area (Å²) in [6.07, 6.45) is 5.70. The molecule has 5 heteroatoms. The molecule has 0 fully saturated rings. The lowest BCUT2D eigenvalue weighted by molar-refractivity contribution is -0.114. The summed E-state index contributed by atoms with van der Waals surface area (Å²) in [5.74, 6) is 0.590. The quantitative estimate of drug-likeness (QED) is 0.705. The van der Waals surface area contributed by atoms with E-state index in [1.807, 2.05) is 72.8 Å². The summed E-state index contributed by atoms with van der Waals surface area (Å²) in [5.41, 5.74) is 5.19. The number of anilines is 2. The van der Waals surface area contributed by atoms with Crippen LogP contribution in [0, 0.1) is 0 Å². The summed E-state index contributed by atoms with van der Waals surface area (Å²) in [7, 11) is 0. The van der Waals surface area contributed by atoms with E-state index in [0.29, 0.717) is 5.84 Å². The van der Waals surface area contributed by atoms with Gasteiger partial charge in [-0.05, 0) is 42.0 Å². The van der Waals surface area contributed by atoms with Gasteiger partial charge in [-0.3, -0.25) is 9.78 Å². The van der Waals surface area contributed by atoms with Crippen LogP contribution in [0.4, 0.5) is 17.1 Å². The van der Waals surface area contributed by atoms with Crippen LogP contribution in [-0.4, -0.2) is 16.7 Å². The van der Waals surface area contributed by atoms with E-state index in [1.165, 1.54) is 6.92 Å². The Kier molecular flexibility index (Phi) is 4.49. The van der Waals surface area contributed by atoms with E-state index in [9.17, 15) is 4.79 Å². The number of nitrogens with zero attached hydrogens (tertiary/aromatic N) is 2. The molecule has 132 valence electrons. The second kappa shape index (κ2) is 7.25. The average molecular weight is 354 g/mol. The first-order valence-electron chi connectivity index (χ1n) is 8.65. The van der Waals surface area contributed by atoms with E-state index >= 15 is 0 Å². The molecule has 5 nitrogen and oxygen atoms in total. The van der Waals surface area contributed by atoms with Gasteiger partial charge in [-0.2, -0.15) is 0 Å². The van der Waals surface area contributed by atoms with E-state index in [1.54, 1.807) is 6.20 Å². The Morgan fingerprint density at radius 2 is 1.89 bits per heavy atom. The van der Waals surface area contributed by atoms with Crippen molar-refractivity contribution in [2.75, 3.05) is 10.6 Å². The number of aliphatic imine (C=N–C) groups is 1. The van der Waals surface area contributed by atoms with Crippen molar-refractivity contribution in [1.29, 1.82) is 0 Å². The molecule has 0 radical (unpaired) electrons. The second-order valence-electron chi connectivity index (χ2n) is 6.18. The van der Waals surface area contributed by atoms with E-state index in [-0.39, 0.29) is 5.91 Å². The van der Waals surface area contributed by atoms with Crippen LogP contribution in [-0.2, 0) is 4.79 Å². The Balaban J connectivity index is 1.77. The Morgan fingerprint density at radius 3 is 2.70 bits per heavy atom. The third-order valence-electron chi connectivity index (χ3n) is 4.12. The van der Waals surface area contributed by atoms with Crippen LogP contribution in [0.25, 0.3) is 17.3 Å². The molecule has 1 aliphatic rings. The molecule has 2 heterocycles. The second-order valence-corrected chi connectivity index (χ2v) is 6.18. The number of nitrogens with one attached hydrogen (secondary N) is 2. The van der Waals surface area contributed by atoms with Gasteiger partial charge in [-0.15, -0.1) is 0 Å². The lowest BCUT2D eigenvalue weighted by Crippen LogP contribution is -2.10. The topological polar surface area (TPSA) is 66.4 Å². The van der Waals surface area contributed by atoms with Crippen molar-refractivity contribution in [3.8, 4) is 11.3 Å². The molecule has 0 spiro atoms. The van der Waals surface area contributed by atoms with Gasteiger partial charge in [0.2, 0.25) is 5.91 Å². The Labute approximate surface area is 157 Å². The minimum absolute atomic E-state index is 0.111. The number of fused-ring (bicyclic) bond motifs is 3. The molecule has 3 aromatic rings. The fourth-order valence-corrected chi connectivity index (χ4v) is 2.94. The summed E-state index contributed by atoms with van der Waals surface area (Å²) < 4.78 is 0. The van der Waals surface area contributed by atoms with E-state index in [2.05, 4.69) is 15.6 Å². The molecular weight excluding hydrogens is 336 g/mol. The predicted molar refractivity (Wildman–Crippen MR) is 110 cm³/mol. The molecular formula is C22H18N4O. The van der Waals surface area contributed by atoms with Crippen molar-refractivity contribution in [1.82, 2.24) is 4.98 Å². The summed E-state index contributed by atoms with van der Waals surface area (Å²) in [6.45, 7) is 1.49. The lowest BCUT2D eigenvalue weighted by atomic mass is 10.1. The molecule has 0 saturated carbocycles. The molecule has 1 aromatic heterocycles. The van der Waals surface area contributed by atoms with Gasteiger partial charge in [0, 0.05) is 24.4 Å². The largest absolute Gasteiger partial charge is 0.340 e. The fraction of sp³-hybridized carbons (Fsp3) is 0.0455. The number of amidine groups is 1. The highest BCUT2D eigenvalue weighted by Gasteiger charge is 2.16. The van der Waals surface area contributed by atoms with Crippen LogP contribution in [0.15, 0.2) is 77.9 Å². The molecule has 0 bridgehead atoms. The van der Waals surface area contributed by atoms with Crippen molar-refractivity contribution in [2.24, 2.45) is 4.99 Å². The maximum atomic E-state index is 11.4. The smallest absolute Gasteiger partial charge is 0.221 e. The predicted octanol–water partition coefficient (Wildman–Crippen LogP) is 4.88. The Morgan fingerprint density at radius 1 is 1.04 bits per heavy atom. The molecule has 0 aliphatic carbocycles. The Hall–Kier alpha value is -3.73. The van der Waals surface area contributed by atoms with Crippen LogP contribution in [0.5, 0.6) is 0 Å². The molecule has 0 atom stereocenters. The van der Waals surface area contributed by atoms with Crippen LogP contribution < -0.4 is 10.6 Å². The van der Waals surface area contributed by atoms with Gasteiger partial charge in [0.25, 0.3) is 0 Å². The van der Waals surface area contributed by atoms with Gasteiger partial charge >= 0.3 is 0 Å². The summed E-state index contributed by atoms with van der Waals surface area (Å²) in [5, 5.41) is 6.18. The zero-order valence-electron chi connectivity index (χ0n) is 14.8. The highest BCUT2D eigenvalue weighted by atomic mass is 16.1. The van der Waals surface area contributed by atoms with Gasteiger partial charge in [-0.25, -0.2) is 4.99 Å². The van der Waals surface area contributed by atoms with Gasteiger partial charge in [0.15, 0.2) is 0 Å². The molecule has 0 unspecified atom stereocenters. The third kappa shape index (κ3) is 3.77. The van der Waals surface area contributed by atoms with Crippen molar-refractivity contribution in [3.63, 3.8) is 0 Å². The van der Waals surface area contributed by atoms with Crippen LogP contribution in [0.2, 0.25) is 0 Å².